The van der Waals surface area contributed by atoms with Crippen molar-refractivity contribution in [1.82, 2.24) is 4.90 Å². The largest absolute Gasteiger partial charge is 0.369 e. The quantitative estimate of drug-likeness (QED) is 0.907. The number of benzene rings is 1. The summed E-state index contributed by atoms with van der Waals surface area (Å²) in [6.45, 7) is 9.86. The highest BCUT2D eigenvalue weighted by Crippen LogP contribution is 2.20. The van der Waals surface area contributed by atoms with Gasteiger partial charge < -0.3 is 10.6 Å². The van der Waals surface area contributed by atoms with Gasteiger partial charge in [-0.1, -0.05) is 31.5 Å². The van der Waals surface area contributed by atoms with E-state index in [4.69, 9.17) is 17.3 Å². The van der Waals surface area contributed by atoms with Crippen molar-refractivity contribution in [3.63, 3.8) is 0 Å². The zero-order valence-electron chi connectivity index (χ0n) is 12.6. The van der Waals surface area contributed by atoms with Crippen LogP contribution in [0.2, 0.25) is 5.02 Å². The maximum absolute atomic E-state index is 6.12. The number of rotatable bonds is 5. The Morgan fingerprint density at radius 1 is 1.20 bits per heavy atom. The Bertz CT molecular complexity index is 414. The molecule has 0 aromatic heterocycles. The first-order valence-electron chi connectivity index (χ1n) is 7.54. The van der Waals surface area contributed by atoms with E-state index in [0.717, 1.165) is 44.2 Å². The van der Waals surface area contributed by atoms with Gasteiger partial charge in [0.2, 0.25) is 0 Å². The number of piperazine rings is 1. The van der Waals surface area contributed by atoms with Crippen molar-refractivity contribution in [2.24, 2.45) is 11.7 Å². The van der Waals surface area contributed by atoms with Crippen LogP contribution in [-0.2, 0) is 0 Å². The molecule has 0 amide bonds. The summed E-state index contributed by atoms with van der Waals surface area (Å²) in [7, 11) is 0. The summed E-state index contributed by atoms with van der Waals surface area (Å²) in [5, 5.41) is 0.813. The molecule has 2 rings (SSSR count). The molecule has 0 spiro atoms. The lowest BCUT2D eigenvalue weighted by Crippen LogP contribution is -2.47. The predicted octanol–water partition coefficient (Wildman–Crippen LogP) is 2.84. The van der Waals surface area contributed by atoms with E-state index < -0.39 is 0 Å². The Balaban J connectivity index is 1.78. The maximum Gasteiger partial charge on any atom is 0.0426 e. The summed E-state index contributed by atoms with van der Waals surface area (Å²) in [5.74, 6) is 0.572. The van der Waals surface area contributed by atoms with Gasteiger partial charge in [-0.25, -0.2) is 0 Å². The van der Waals surface area contributed by atoms with Crippen molar-refractivity contribution < 1.29 is 0 Å². The average Bonchev–Trinajstić information content (AvgIpc) is 2.45. The highest BCUT2D eigenvalue weighted by atomic mass is 35.5. The molecule has 0 aliphatic carbocycles. The monoisotopic (exact) mass is 295 g/mol. The number of nitrogens with zero attached hydrogens (tertiary/aromatic N) is 2. The van der Waals surface area contributed by atoms with Gasteiger partial charge in [-0.2, -0.15) is 0 Å². The molecule has 3 nitrogen and oxygen atoms in total. The Hall–Kier alpha value is -0.770. The molecule has 4 heteroatoms. The molecule has 1 heterocycles. The minimum Gasteiger partial charge on any atom is -0.369 e. The first kappa shape index (κ1) is 15.6. The first-order chi connectivity index (χ1) is 9.56. The molecular weight excluding hydrogens is 270 g/mol. The summed E-state index contributed by atoms with van der Waals surface area (Å²) < 4.78 is 0. The molecule has 0 saturated carbocycles. The number of nitrogens with two attached hydrogens (primary N) is 1. The summed E-state index contributed by atoms with van der Waals surface area (Å²) in [6.07, 6.45) is 1.09. The van der Waals surface area contributed by atoms with E-state index in [0.29, 0.717) is 12.0 Å². The molecule has 1 aromatic carbocycles. The lowest BCUT2D eigenvalue weighted by atomic mass is 10.0. The molecule has 2 N–H and O–H groups in total. The van der Waals surface area contributed by atoms with Crippen molar-refractivity contribution in [2.45, 2.75) is 26.3 Å². The Labute approximate surface area is 127 Å². The van der Waals surface area contributed by atoms with Crippen molar-refractivity contribution in [3.8, 4) is 0 Å². The van der Waals surface area contributed by atoms with Gasteiger partial charge in [0.25, 0.3) is 0 Å². The van der Waals surface area contributed by atoms with Gasteiger partial charge in [-0.15, -0.1) is 0 Å². The standard InChI is InChI=1S/C16H26ClN3/c1-13(2)16(18)6-7-19-8-10-20(11-9-19)15-5-3-4-14(17)12-15/h3-5,12-13,16H,6-11,18H2,1-2H3. The smallest absolute Gasteiger partial charge is 0.0426 e. The number of hydrogen-bond acceptors (Lipinski definition) is 3. The van der Waals surface area contributed by atoms with E-state index in [1.807, 2.05) is 18.2 Å². The molecule has 1 saturated heterocycles. The normalized spacial score (nSPS) is 18.6. The molecule has 1 aromatic rings. The number of hydrogen-bond donors (Lipinski definition) is 1. The van der Waals surface area contributed by atoms with Crippen molar-refractivity contribution in [3.05, 3.63) is 29.3 Å². The van der Waals surface area contributed by atoms with Crippen LogP contribution < -0.4 is 10.6 Å². The Morgan fingerprint density at radius 2 is 1.90 bits per heavy atom. The fourth-order valence-electron chi connectivity index (χ4n) is 2.57. The van der Waals surface area contributed by atoms with Crippen molar-refractivity contribution in [1.29, 1.82) is 0 Å². The van der Waals surface area contributed by atoms with Crippen LogP contribution in [0.5, 0.6) is 0 Å². The summed E-state index contributed by atoms with van der Waals surface area (Å²) in [4.78, 5) is 4.92. The maximum atomic E-state index is 6.12. The second-order valence-corrected chi connectivity index (χ2v) is 6.44. The van der Waals surface area contributed by atoms with Crippen LogP contribution in [0.25, 0.3) is 0 Å². The Kier molecular flexibility index (Phi) is 5.70. The average molecular weight is 296 g/mol. The van der Waals surface area contributed by atoms with Crippen LogP contribution in [0.4, 0.5) is 5.69 Å². The van der Waals surface area contributed by atoms with Crippen LogP contribution in [0.3, 0.4) is 0 Å². The molecule has 0 bridgehead atoms. The zero-order valence-corrected chi connectivity index (χ0v) is 13.3. The highest BCUT2D eigenvalue weighted by Gasteiger charge is 2.18. The lowest BCUT2D eigenvalue weighted by molar-refractivity contribution is 0.241. The van der Waals surface area contributed by atoms with E-state index in [-0.39, 0.29) is 0 Å². The fourth-order valence-corrected chi connectivity index (χ4v) is 2.75. The van der Waals surface area contributed by atoms with E-state index in [9.17, 15) is 0 Å². The predicted molar refractivity (Wildman–Crippen MR) is 87.5 cm³/mol. The molecule has 1 aliphatic heterocycles. The molecule has 1 unspecified atom stereocenters. The minimum absolute atomic E-state index is 0.320. The van der Waals surface area contributed by atoms with Crippen LogP contribution in [0.15, 0.2) is 24.3 Å². The van der Waals surface area contributed by atoms with Gasteiger partial charge in [0.1, 0.15) is 0 Å². The SMILES string of the molecule is CC(C)C(N)CCN1CCN(c2cccc(Cl)c2)CC1. The van der Waals surface area contributed by atoms with Gasteiger partial charge in [-0.3, -0.25) is 4.90 Å². The van der Waals surface area contributed by atoms with Gasteiger partial charge in [0, 0.05) is 42.9 Å². The minimum atomic E-state index is 0.320. The van der Waals surface area contributed by atoms with Crippen molar-refractivity contribution in [2.75, 3.05) is 37.6 Å². The van der Waals surface area contributed by atoms with E-state index in [1.54, 1.807) is 0 Å². The van der Waals surface area contributed by atoms with Crippen LogP contribution in [0, 0.1) is 5.92 Å². The van der Waals surface area contributed by atoms with Gasteiger partial charge in [0.15, 0.2) is 0 Å². The summed E-state index contributed by atoms with van der Waals surface area (Å²) in [6, 6.07) is 8.45. The molecule has 0 radical (unpaired) electrons. The summed E-state index contributed by atoms with van der Waals surface area (Å²) in [5.41, 5.74) is 7.35. The topological polar surface area (TPSA) is 32.5 Å². The summed E-state index contributed by atoms with van der Waals surface area (Å²) >= 11 is 6.06. The Morgan fingerprint density at radius 3 is 2.50 bits per heavy atom. The van der Waals surface area contributed by atoms with Gasteiger partial charge >= 0.3 is 0 Å². The second-order valence-electron chi connectivity index (χ2n) is 6.01. The molecule has 1 atom stereocenters. The van der Waals surface area contributed by atoms with Gasteiger partial charge in [-0.05, 0) is 37.1 Å². The van der Waals surface area contributed by atoms with Crippen LogP contribution >= 0.6 is 11.6 Å². The van der Waals surface area contributed by atoms with Crippen molar-refractivity contribution >= 4 is 17.3 Å². The van der Waals surface area contributed by atoms with E-state index >= 15 is 0 Å². The molecule has 112 valence electrons. The van der Waals surface area contributed by atoms with Gasteiger partial charge in [0.05, 0.1) is 0 Å². The fraction of sp³-hybridized carbons (Fsp3) is 0.625. The zero-order chi connectivity index (χ0) is 14.5. The number of halogens is 1. The molecule has 20 heavy (non-hydrogen) atoms. The molecule has 1 fully saturated rings. The molecular formula is C16H26ClN3. The first-order valence-corrected chi connectivity index (χ1v) is 7.92. The van der Waals surface area contributed by atoms with E-state index in [2.05, 4.69) is 29.7 Å². The third-order valence-electron chi connectivity index (χ3n) is 4.18. The molecule has 1 aliphatic rings. The van der Waals surface area contributed by atoms with Crippen LogP contribution in [-0.4, -0.2) is 43.7 Å². The lowest BCUT2D eigenvalue weighted by Gasteiger charge is -2.36. The second kappa shape index (κ2) is 7.30. The third-order valence-corrected chi connectivity index (χ3v) is 4.42. The third kappa shape index (κ3) is 4.37. The van der Waals surface area contributed by atoms with Crippen LogP contribution in [0.1, 0.15) is 20.3 Å². The van der Waals surface area contributed by atoms with E-state index in [1.165, 1.54) is 5.69 Å². The highest BCUT2D eigenvalue weighted by molar-refractivity contribution is 6.30. The number of anilines is 1.